The molecule has 4 amide bonds. The van der Waals surface area contributed by atoms with Crippen LogP contribution in [0.1, 0.15) is 49.5 Å². The van der Waals surface area contributed by atoms with Gasteiger partial charge in [-0.1, -0.05) is 13.8 Å². The van der Waals surface area contributed by atoms with Crippen molar-refractivity contribution in [2.75, 3.05) is 18.5 Å². The van der Waals surface area contributed by atoms with Crippen molar-refractivity contribution in [3.8, 4) is 0 Å². The Morgan fingerprint density at radius 3 is 2.63 bits per heavy atom. The predicted molar refractivity (Wildman–Crippen MR) is 101 cm³/mol. The molecule has 1 N–H and O–H groups in total. The maximum Gasteiger partial charge on any atom is 0.325 e. The fourth-order valence-electron chi connectivity index (χ4n) is 3.52. The molecule has 3 rings (SSSR count). The largest absolute Gasteiger partial charge is 0.325 e. The van der Waals surface area contributed by atoms with Crippen LogP contribution in [0.5, 0.6) is 0 Å². The van der Waals surface area contributed by atoms with Crippen LogP contribution in [0.4, 0.5) is 10.5 Å². The lowest BCUT2D eigenvalue weighted by Crippen LogP contribution is -2.44. The number of imide groups is 1. The van der Waals surface area contributed by atoms with Crippen molar-refractivity contribution in [2.24, 2.45) is 5.92 Å². The van der Waals surface area contributed by atoms with Crippen LogP contribution in [0, 0.1) is 5.92 Å². The Balaban J connectivity index is 1.73. The molecule has 0 aliphatic carbocycles. The standard InChI is InChI=1S/C20H25N3O4/c1-12(2)7-8-20(3)18(26)23(19(27)21-20)11-16(24)13-5-6-15-14(9-13)10-17(25)22(15)4/h5-6,9,12H,7-8,10-11H2,1-4H3,(H,21,27)/t20-/m0/s1. The molecule has 27 heavy (non-hydrogen) atoms. The molecular weight excluding hydrogens is 346 g/mol. The van der Waals surface area contributed by atoms with Crippen LogP contribution < -0.4 is 10.2 Å². The summed E-state index contributed by atoms with van der Waals surface area (Å²) in [5.74, 6) is -0.298. The first-order valence-electron chi connectivity index (χ1n) is 9.19. The van der Waals surface area contributed by atoms with Crippen molar-refractivity contribution in [2.45, 2.75) is 45.6 Å². The summed E-state index contributed by atoms with van der Waals surface area (Å²) in [7, 11) is 1.70. The summed E-state index contributed by atoms with van der Waals surface area (Å²) in [6, 6.07) is 4.50. The zero-order valence-electron chi connectivity index (χ0n) is 16.2. The third-order valence-electron chi connectivity index (χ3n) is 5.35. The molecule has 7 nitrogen and oxygen atoms in total. The van der Waals surface area contributed by atoms with Gasteiger partial charge in [-0.3, -0.25) is 19.3 Å². The van der Waals surface area contributed by atoms with Gasteiger partial charge in [-0.15, -0.1) is 0 Å². The molecule has 1 atom stereocenters. The minimum Gasteiger partial charge on any atom is -0.323 e. The van der Waals surface area contributed by atoms with E-state index in [2.05, 4.69) is 19.2 Å². The lowest BCUT2D eigenvalue weighted by atomic mass is 9.92. The number of anilines is 1. The van der Waals surface area contributed by atoms with Gasteiger partial charge in [-0.25, -0.2) is 4.79 Å². The number of Topliss-reactive ketones (excluding diaryl/α,β-unsaturated/α-hetero) is 1. The molecule has 0 radical (unpaired) electrons. The van der Waals surface area contributed by atoms with Gasteiger partial charge < -0.3 is 10.2 Å². The van der Waals surface area contributed by atoms with Gasteiger partial charge in [-0.05, 0) is 49.4 Å². The first kappa shape index (κ1) is 19.1. The molecule has 7 heteroatoms. The van der Waals surface area contributed by atoms with Crippen molar-refractivity contribution < 1.29 is 19.2 Å². The second kappa shape index (κ2) is 6.79. The van der Waals surface area contributed by atoms with E-state index in [1.807, 2.05) is 0 Å². The smallest absolute Gasteiger partial charge is 0.323 e. The average Bonchev–Trinajstić information content (AvgIpc) is 3.01. The first-order valence-corrected chi connectivity index (χ1v) is 9.19. The number of fused-ring (bicyclic) bond motifs is 1. The van der Waals surface area contributed by atoms with Crippen LogP contribution in [0.25, 0.3) is 0 Å². The van der Waals surface area contributed by atoms with Crippen molar-refractivity contribution >= 4 is 29.3 Å². The average molecular weight is 371 g/mol. The molecule has 2 aliphatic heterocycles. The summed E-state index contributed by atoms with van der Waals surface area (Å²) >= 11 is 0. The van der Waals surface area contributed by atoms with Gasteiger partial charge in [0.15, 0.2) is 5.78 Å². The molecule has 2 heterocycles. The number of amides is 4. The number of hydrogen-bond donors (Lipinski definition) is 1. The summed E-state index contributed by atoms with van der Waals surface area (Å²) in [6.07, 6.45) is 1.59. The predicted octanol–water partition coefficient (Wildman–Crippen LogP) is 2.13. The Kier molecular flexibility index (Phi) is 4.80. The van der Waals surface area contributed by atoms with Crippen molar-refractivity contribution in [3.05, 3.63) is 29.3 Å². The number of hydrogen-bond acceptors (Lipinski definition) is 4. The molecular formula is C20H25N3O4. The number of likely N-dealkylation sites (N-methyl/N-ethyl adjacent to an activating group) is 1. The van der Waals surface area contributed by atoms with Gasteiger partial charge in [0.25, 0.3) is 5.91 Å². The van der Waals surface area contributed by atoms with Gasteiger partial charge in [0.1, 0.15) is 5.54 Å². The maximum absolute atomic E-state index is 12.7. The van der Waals surface area contributed by atoms with Gasteiger partial charge >= 0.3 is 6.03 Å². The SMILES string of the molecule is CC(C)CC[C@]1(C)NC(=O)N(CC(=O)c2ccc3c(c2)CC(=O)N3C)C1=O. The van der Waals surface area contributed by atoms with Crippen LogP contribution in [0.2, 0.25) is 0 Å². The van der Waals surface area contributed by atoms with Crippen molar-refractivity contribution in [1.82, 2.24) is 10.2 Å². The summed E-state index contributed by atoms with van der Waals surface area (Å²) < 4.78 is 0. The zero-order valence-corrected chi connectivity index (χ0v) is 16.2. The van der Waals surface area contributed by atoms with Crippen LogP contribution >= 0.6 is 0 Å². The van der Waals surface area contributed by atoms with Crippen LogP contribution in [0.3, 0.4) is 0 Å². The van der Waals surface area contributed by atoms with E-state index >= 15 is 0 Å². The lowest BCUT2D eigenvalue weighted by molar-refractivity contribution is -0.130. The lowest BCUT2D eigenvalue weighted by Gasteiger charge is -2.22. The van der Waals surface area contributed by atoms with E-state index in [-0.39, 0.29) is 30.6 Å². The van der Waals surface area contributed by atoms with Gasteiger partial charge in [0, 0.05) is 18.3 Å². The number of urea groups is 1. The van der Waals surface area contributed by atoms with E-state index in [0.717, 1.165) is 22.6 Å². The highest BCUT2D eigenvalue weighted by molar-refractivity contribution is 6.11. The quantitative estimate of drug-likeness (QED) is 0.613. The van der Waals surface area contributed by atoms with Crippen molar-refractivity contribution in [3.63, 3.8) is 0 Å². The zero-order chi connectivity index (χ0) is 19.9. The van der Waals surface area contributed by atoms with Crippen LogP contribution in [-0.2, 0) is 16.0 Å². The Morgan fingerprint density at radius 2 is 1.96 bits per heavy atom. The van der Waals surface area contributed by atoms with E-state index in [9.17, 15) is 19.2 Å². The Hall–Kier alpha value is -2.70. The molecule has 0 saturated carbocycles. The summed E-state index contributed by atoms with van der Waals surface area (Å²) in [5.41, 5.74) is 1.00. The number of benzene rings is 1. The monoisotopic (exact) mass is 371 g/mol. The van der Waals surface area contributed by atoms with E-state index < -0.39 is 11.6 Å². The molecule has 0 spiro atoms. The number of rotatable bonds is 6. The number of nitrogens with zero attached hydrogens (tertiary/aromatic N) is 2. The Bertz CT molecular complexity index is 833. The molecule has 1 aromatic carbocycles. The minimum atomic E-state index is -0.964. The number of carbonyl (C=O) groups excluding carboxylic acids is 4. The Labute approximate surface area is 158 Å². The molecule has 1 aromatic rings. The third-order valence-corrected chi connectivity index (χ3v) is 5.35. The number of ketones is 1. The molecule has 1 fully saturated rings. The molecule has 0 aromatic heterocycles. The molecule has 2 aliphatic rings. The van der Waals surface area contributed by atoms with Crippen molar-refractivity contribution in [1.29, 1.82) is 0 Å². The summed E-state index contributed by atoms with van der Waals surface area (Å²) in [5, 5.41) is 2.73. The topological polar surface area (TPSA) is 86.8 Å². The highest BCUT2D eigenvalue weighted by Crippen LogP contribution is 2.29. The summed E-state index contributed by atoms with van der Waals surface area (Å²) in [4.78, 5) is 52.0. The van der Waals surface area contributed by atoms with Gasteiger partial charge in [-0.2, -0.15) is 0 Å². The summed E-state index contributed by atoms with van der Waals surface area (Å²) in [6.45, 7) is 5.52. The maximum atomic E-state index is 12.7. The van der Waals surface area contributed by atoms with E-state index in [1.54, 1.807) is 37.1 Å². The molecule has 0 unspecified atom stereocenters. The second-order valence-corrected chi connectivity index (χ2v) is 7.98. The highest BCUT2D eigenvalue weighted by Gasteiger charge is 2.47. The fourth-order valence-corrected chi connectivity index (χ4v) is 3.52. The second-order valence-electron chi connectivity index (χ2n) is 7.98. The third kappa shape index (κ3) is 3.46. The molecule has 1 saturated heterocycles. The normalized spacial score (nSPS) is 21.9. The first-order chi connectivity index (χ1) is 12.6. The van der Waals surface area contributed by atoms with Gasteiger partial charge in [0.2, 0.25) is 5.91 Å². The highest BCUT2D eigenvalue weighted by atomic mass is 16.2. The van der Waals surface area contributed by atoms with E-state index in [0.29, 0.717) is 17.9 Å². The Morgan fingerprint density at radius 1 is 1.26 bits per heavy atom. The van der Waals surface area contributed by atoms with Gasteiger partial charge in [0.05, 0.1) is 13.0 Å². The van der Waals surface area contributed by atoms with E-state index in [4.69, 9.17) is 0 Å². The minimum absolute atomic E-state index is 0.0235. The molecule has 144 valence electrons. The van der Waals surface area contributed by atoms with Crippen LogP contribution in [0.15, 0.2) is 18.2 Å². The van der Waals surface area contributed by atoms with E-state index in [1.165, 1.54) is 0 Å². The molecule has 0 bridgehead atoms. The van der Waals surface area contributed by atoms with Crippen LogP contribution in [-0.4, -0.2) is 47.7 Å². The fraction of sp³-hybridized carbons (Fsp3) is 0.500. The number of nitrogens with one attached hydrogen (secondary N) is 1. The number of carbonyl (C=O) groups is 4.